The van der Waals surface area contributed by atoms with Gasteiger partial charge >= 0.3 is 11.9 Å². The summed E-state index contributed by atoms with van der Waals surface area (Å²) in [6, 6.07) is -3.94. The van der Waals surface area contributed by atoms with Crippen molar-refractivity contribution in [1.82, 2.24) is 20.6 Å². The molecule has 2 amide bonds. The van der Waals surface area contributed by atoms with E-state index in [1.165, 1.54) is 12.5 Å². The van der Waals surface area contributed by atoms with Crippen LogP contribution in [0.4, 0.5) is 0 Å². The van der Waals surface area contributed by atoms with Gasteiger partial charge in [-0.15, -0.1) is 0 Å². The number of nitrogens with zero attached hydrogens (tertiary/aromatic N) is 1. The number of aromatic nitrogens is 2. The van der Waals surface area contributed by atoms with Gasteiger partial charge in [-0.2, -0.15) is 0 Å². The molecule has 0 saturated heterocycles. The third kappa shape index (κ3) is 6.86. The van der Waals surface area contributed by atoms with Crippen LogP contribution in [0, 0.1) is 0 Å². The molecule has 8 N–H and O–H groups in total. The lowest BCUT2D eigenvalue weighted by Gasteiger charge is -2.22. The topological polar surface area (TPSA) is 208 Å². The standard InChI is InChI=1S/C14H21N5O7/c15-8(5-20)12(23)18-9(1-2-11(21)22)13(24)19-10(14(25)26)3-7-4-16-6-17-7/h4,6,8-10,20H,1-3,5,15H2,(H,16,17)(H,18,23)(H,19,24)(H,21,22)(H,25,26)/t8-,9-,10-/m0/s1. The SMILES string of the molecule is N[C@@H](CO)C(=O)N[C@@H](CCC(=O)O)C(=O)N[C@@H](Cc1cnc[nH]1)C(=O)O. The lowest BCUT2D eigenvalue weighted by atomic mass is 10.1. The van der Waals surface area contributed by atoms with Crippen molar-refractivity contribution in [2.24, 2.45) is 5.73 Å². The number of amides is 2. The number of aliphatic carboxylic acids is 2. The van der Waals surface area contributed by atoms with Crippen molar-refractivity contribution in [2.45, 2.75) is 37.4 Å². The molecule has 1 aromatic heterocycles. The maximum Gasteiger partial charge on any atom is 0.326 e. The van der Waals surface area contributed by atoms with Crippen molar-refractivity contribution in [3.05, 3.63) is 18.2 Å². The van der Waals surface area contributed by atoms with E-state index < -0.39 is 54.9 Å². The lowest BCUT2D eigenvalue weighted by molar-refractivity contribution is -0.143. The Morgan fingerprint density at radius 1 is 1.15 bits per heavy atom. The lowest BCUT2D eigenvalue weighted by Crippen LogP contribution is -2.55. The Labute approximate surface area is 147 Å². The number of imidazole rings is 1. The normalized spacial score (nSPS) is 14.1. The van der Waals surface area contributed by atoms with Crippen LogP contribution in [0.3, 0.4) is 0 Å². The highest BCUT2D eigenvalue weighted by atomic mass is 16.4. The van der Waals surface area contributed by atoms with Crippen LogP contribution < -0.4 is 16.4 Å². The van der Waals surface area contributed by atoms with Gasteiger partial charge < -0.3 is 36.7 Å². The minimum atomic E-state index is -1.32. The first-order valence-electron chi connectivity index (χ1n) is 7.63. The van der Waals surface area contributed by atoms with Crippen molar-refractivity contribution < 1.29 is 34.5 Å². The van der Waals surface area contributed by atoms with Gasteiger partial charge in [0.2, 0.25) is 11.8 Å². The average molecular weight is 371 g/mol. The molecule has 0 saturated carbocycles. The van der Waals surface area contributed by atoms with Gasteiger partial charge in [-0.3, -0.25) is 14.4 Å². The zero-order valence-corrected chi connectivity index (χ0v) is 13.7. The Balaban J connectivity index is 2.81. The summed E-state index contributed by atoms with van der Waals surface area (Å²) in [6.45, 7) is -0.670. The predicted octanol–water partition coefficient (Wildman–Crippen LogP) is -2.81. The monoisotopic (exact) mass is 371 g/mol. The fraction of sp³-hybridized carbons (Fsp3) is 0.500. The molecule has 0 spiro atoms. The minimum Gasteiger partial charge on any atom is -0.481 e. The van der Waals surface area contributed by atoms with Crippen LogP contribution in [0.25, 0.3) is 0 Å². The number of aliphatic hydroxyl groups excluding tert-OH is 1. The number of rotatable bonds is 11. The number of carboxylic acids is 2. The molecule has 3 atom stereocenters. The second-order valence-corrected chi connectivity index (χ2v) is 5.46. The molecule has 0 aliphatic carbocycles. The molecule has 0 aliphatic rings. The maximum atomic E-state index is 12.3. The molecule has 1 rings (SSSR count). The van der Waals surface area contributed by atoms with Gasteiger partial charge in [0.1, 0.15) is 18.1 Å². The Bertz CT molecular complexity index is 634. The van der Waals surface area contributed by atoms with Gasteiger partial charge in [-0.25, -0.2) is 9.78 Å². The molecule has 12 nitrogen and oxygen atoms in total. The number of carboxylic acid groups (broad SMARTS) is 2. The molecule has 0 aliphatic heterocycles. The first-order valence-corrected chi connectivity index (χ1v) is 7.63. The van der Waals surface area contributed by atoms with E-state index in [1.807, 2.05) is 0 Å². The third-order valence-corrected chi connectivity index (χ3v) is 3.41. The molecule has 0 radical (unpaired) electrons. The number of H-pyrrole nitrogens is 1. The molecular formula is C14H21N5O7. The van der Waals surface area contributed by atoms with E-state index >= 15 is 0 Å². The summed E-state index contributed by atoms with van der Waals surface area (Å²) in [6.07, 6.45) is 1.94. The minimum absolute atomic E-state index is 0.0865. The first-order chi connectivity index (χ1) is 12.2. The summed E-state index contributed by atoms with van der Waals surface area (Å²) in [4.78, 5) is 52.6. The number of hydrogen-bond donors (Lipinski definition) is 7. The number of aliphatic hydroxyl groups is 1. The fourth-order valence-corrected chi connectivity index (χ4v) is 1.99. The highest BCUT2D eigenvalue weighted by Gasteiger charge is 2.28. The molecule has 0 unspecified atom stereocenters. The van der Waals surface area contributed by atoms with Crippen LogP contribution in [0.5, 0.6) is 0 Å². The number of aromatic amines is 1. The molecule has 144 valence electrons. The maximum absolute atomic E-state index is 12.3. The number of carbonyl (C=O) groups excluding carboxylic acids is 2. The van der Waals surface area contributed by atoms with Crippen molar-refractivity contribution in [3.8, 4) is 0 Å². The van der Waals surface area contributed by atoms with E-state index in [0.29, 0.717) is 5.69 Å². The van der Waals surface area contributed by atoms with E-state index in [-0.39, 0.29) is 12.8 Å². The van der Waals surface area contributed by atoms with Gasteiger partial charge in [-0.1, -0.05) is 0 Å². The zero-order valence-electron chi connectivity index (χ0n) is 13.7. The van der Waals surface area contributed by atoms with Crippen LogP contribution in [0.2, 0.25) is 0 Å². The van der Waals surface area contributed by atoms with E-state index in [4.69, 9.17) is 15.9 Å². The first kappa shape index (κ1) is 21.1. The van der Waals surface area contributed by atoms with Crippen molar-refractivity contribution >= 4 is 23.8 Å². The van der Waals surface area contributed by atoms with Crippen molar-refractivity contribution in [1.29, 1.82) is 0 Å². The zero-order chi connectivity index (χ0) is 19.7. The quantitative estimate of drug-likeness (QED) is 0.214. The molecular weight excluding hydrogens is 350 g/mol. The van der Waals surface area contributed by atoms with Gasteiger partial charge in [0.05, 0.1) is 12.9 Å². The Hall–Kier alpha value is -2.99. The van der Waals surface area contributed by atoms with Crippen molar-refractivity contribution in [3.63, 3.8) is 0 Å². The largest absolute Gasteiger partial charge is 0.481 e. The molecule has 1 heterocycles. The van der Waals surface area contributed by atoms with Crippen LogP contribution in [0.15, 0.2) is 12.5 Å². The van der Waals surface area contributed by atoms with Gasteiger partial charge in [0, 0.05) is 24.7 Å². The summed E-state index contributed by atoms with van der Waals surface area (Å²) < 4.78 is 0. The summed E-state index contributed by atoms with van der Waals surface area (Å²) >= 11 is 0. The second-order valence-electron chi connectivity index (χ2n) is 5.46. The second kappa shape index (κ2) is 10.1. The summed E-state index contributed by atoms with van der Waals surface area (Å²) in [5, 5.41) is 31.3. The summed E-state index contributed by atoms with van der Waals surface area (Å²) in [5.41, 5.74) is 5.81. The smallest absolute Gasteiger partial charge is 0.326 e. The third-order valence-electron chi connectivity index (χ3n) is 3.41. The Morgan fingerprint density at radius 3 is 2.31 bits per heavy atom. The van der Waals surface area contributed by atoms with Gasteiger partial charge in [0.15, 0.2) is 0 Å². The fourth-order valence-electron chi connectivity index (χ4n) is 1.99. The van der Waals surface area contributed by atoms with E-state index in [0.717, 1.165) is 0 Å². The van der Waals surface area contributed by atoms with Crippen LogP contribution in [-0.4, -0.2) is 73.8 Å². The molecule has 0 aromatic carbocycles. The average Bonchev–Trinajstić information content (AvgIpc) is 3.09. The number of nitrogens with one attached hydrogen (secondary N) is 3. The summed E-state index contributed by atoms with van der Waals surface area (Å²) in [5.74, 6) is -4.26. The van der Waals surface area contributed by atoms with E-state index in [2.05, 4.69) is 20.6 Å². The molecule has 0 fully saturated rings. The van der Waals surface area contributed by atoms with Crippen LogP contribution >= 0.6 is 0 Å². The van der Waals surface area contributed by atoms with E-state index in [1.54, 1.807) is 0 Å². The summed E-state index contributed by atoms with van der Waals surface area (Å²) in [7, 11) is 0. The molecule has 0 bridgehead atoms. The van der Waals surface area contributed by atoms with E-state index in [9.17, 15) is 24.3 Å². The van der Waals surface area contributed by atoms with Crippen LogP contribution in [-0.2, 0) is 25.6 Å². The van der Waals surface area contributed by atoms with Gasteiger partial charge in [0.25, 0.3) is 0 Å². The number of hydrogen-bond acceptors (Lipinski definition) is 7. The molecule has 12 heteroatoms. The van der Waals surface area contributed by atoms with Gasteiger partial charge in [-0.05, 0) is 6.42 Å². The molecule has 26 heavy (non-hydrogen) atoms. The van der Waals surface area contributed by atoms with Crippen LogP contribution in [0.1, 0.15) is 18.5 Å². The highest BCUT2D eigenvalue weighted by molar-refractivity contribution is 5.92. The van der Waals surface area contributed by atoms with Crippen molar-refractivity contribution in [2.75, 3.05) is 6.61 Å². The Kier molecular flexibility index (Phi) is 8.18. The number of nitrogens with two attached hydrogens (primary N) is 1. The Morgan fingerprint density at radius 2 is 1.81 bits per heavy atom. The number of carbonyl (C=O) groups is 4. The molecule has 1 aromatic rings. The predicted molar refractivity (Wildman–Crippen MR) is 85.7 cm³/mol. The highest BCUT2D eigenvalue weighted by Crippen LogP contribution is 2.03.